The summed E-state index contributed by atoms with van der Waals surface area (Å²) in [6, 6.07) is 4.09. The fraction of sp³-hybridized carbons (Fsp3) is 0.533. The van der Waals surface area contributed by atoms with Gasteiger partial charge in [0.1, 0.15) is 6.33 Å². The molecule has 4 heteroatoms. The summed E-state index contributed by atoms with van der Waals surface area (Å²) in [5, 5.41) is 4.63. The highest BCUT2D eigenvalue weighted by molar-refractivity contribution is 5.10. The number of aryl methyl sites for hydroxylation is 1. The number of hydrogen-bond donors (Lipinski definition) is 0. The number of aromatic nitrogens is 4. The van der Waals surface area contributed by atoms with E-state index in [1.165, 1.54) is 0 Å². The van der Waals surface area contributed by atoms with Crippen molar-refractivity contribution in [1.82, 2.24) is 19.7 Å². The van der Waals surface area contributed by atoms with E-state index in [0.717, 1.165) is 24.4 Å². The van der Waals surface area contributed by atoms with Crippen molar-refractivity contribution in [1.29, 1.82) is 0 Å². The van der Waals surface area contributed by atoms with Crippen molar-refractivity contribution in [3.63, 3.8) is 0 Å². The lowest BCUT2D eigenvalue weighted by Crippen LogP contribution is -2.13. The number of hydrogen-bond acceptors (Lipinski definition) is 3. The molecule has 0 spiro atoms. The minimum absolute atomic E-state index is 0.115. The summed E-state index contributed by atoms with van der Waals surface area (Å²) >= 11 is 0. The Hall–Kier alpha value is -1.71. The molecule has 0 aromatic carbocycles. The van der Waals surface area contributed by atoms with Crippen LogP contribution in [0.25, 0.3) is 0 Å². The van der Waals surface area contributed by atoms with Gasteiger partial charge in [0.05, 0.1) is 5.69 Å². The van der Waals surface area contributed by atoms with E-state index in [1.54, 1.807) is 12.5 Å². The average Bonchev–Trinajstić information content (AvgIpc) is 2.86. The summed E-state index contributed by atoms with van der Waals surface area (Å²) in [4.78, 5) is 8.24. The summed E-state index contributed by atoms with van der Waals surface area (Å²) in [6.07, 6.45) is 6.50. The van der Waals surface area contributed by atoms with Crippen LogP contribution in [-0.2, 0) is 12.0 Å². The Morgan fingerprint density at radius 3 is 2.63 bits per heavy atom. The summed E-state index contributed by atoms with van der Waals surface area (Å²) in [5.74, 6) is 0.422. The van der Waals surface area contributed by atoms with E-state index < -0.39 is 0 Å². The van der Waals surface area contributed by atoms with Gasteiger partial charge in [-0.1, -0.05) is 27.7 Å². The topological polar surface area (TPSA) is 43.6 Å². The van der Waals surface area contributed by atoms with Crippen LogP contribution < -0.4 is 0 Å². The first-order chi connectivity index (χ1) is 8.97. The van der Waals surface area contributed by atoms with Gasteiger partial charge >= 0.3 is 0 Å². The maximum Gasteiger partial charge on any atom is 0.115 e. The highest BCUT2D eigenvalue weighted by atomic mass is 15.3. The van der Waals surface area contributed by atoms with Gasteiger partial charge in [0, 0.05) is 36.0 Å². The zero-order valence-corrected chi connectivity index (χ0v) is 12.2. The van der Waals surface area contributed by atoms with Crippen molar-refractivity contribution in [3.8, 4) is 0 Å². The highest BCUT2D eigenvalue weighted by Crippen LogP contribution is 2.20. The molecule has 4 nitrogen and oxygen atoms in total. The minimum atomic E-state index is 0.115. The van der Waals surface area contributed by atoms with E-state index in [9.17, 15) is 0 Å². The van der Waals surface area contributed by atoms with Crippen LogP contribution in [0.4, 0.5) is 0 Å². The maximum atomic E-state index is 4.63. The zero-order valence-electron chi connectivity index (χ0n) is 12.2. The zero-order chi connectivity index (χ0) is 13.9. The summed E-state index contributed by atoms with van der Waals surface area (Å²) in [7, 11) is 0. The molecular formula is C15H22N4. The third-order valence-corrected chi connectivity index (χ3v) is 3.31. The molecule has 0 saturated carbocycles. The lowest BCUT2D eigenvalue weighted by Gasteiger charge is -2.14. The normalized spacial score (nSPS) is 13.5. The molecule has 0 fully saturated rings. The molecule has 2 aromatic rings. The lowest BCUT2D eigenvalue weighted by molar-refractivity contribution is 0.499. The molecule has 19 heavy (non-hydrogen) atoms. The first-order valence-corrected chi connectivity index (χ1v) is 6.76. The molecule has 0 aliphatic heterocycles. The molecule has 0 bridgehead atoms. The fourth-order valence-electron chi connectivity index (χ4n) is 1.95. The lowest BCUT2D eigenvalue weighted by atomic mass is 9.93. The molecule has 102 valence electrons. The molecule has 2 aromatic heterocycles. The maximum absolute atomic E-state index is 4.63. The molecule has 0 N–H and O–H groups in total. The van der Waals surface area contributed by atoms with Gasteiger partial charge in [0.15, 0.2) is 0 Å². The van der Waals surface area contributed by atoms with Crippen LogP contribution in [0.2, 0.25) is 0 Å². The van der Waals surface area contributed by atoms with Crippen LogP contribution in [0.1, 0.15) is 51.4 Å². The molecule has 0 radical (unpaired) electrons. The summed E-state index contributed by atoms with van der Waals surface area (Å²) in [6.45, 7) is 9.66. The number of rotatable bonds is 4. The van der Waals surface area contributed by atoms with Gasteiger partial charge in [-0.25, -0.2) is 9.97 Å². The van der Waals surface area contributed by atoms with Crippen molar-refractivity contribution in [2.45, 2.75) is 52.0 Å². The Morgan fingerprint density at radius 1 is 1.26 bits per heavy atom. The first-order valence-electron chi connectivity index (χ1n) is 6.76. The fourth-order valence-corrected chi connectivity index (χ4v) is 1.95. The predicted octanol–water partition coefficient (Wildman–Crippen LogP) is 3.16. The smallest absolute Gasteiger partial charge is 0.115 e. The van der Waals surface area contributed by atoms with Crippen LogP contribution in [0.5, 0.6) is 0 Å². The van der Waals surface area contributed by atoms with Gasteiger partial charge in [-0.3, -0.25) is 4.68 Å². The molecule has 2 heterocycles. The highest BCUT2D eigenvalue weighted by Gasteiger charge is 2.16. The monoisotopic (exact) mass is 258 g/mol. The summed E-state index contributed by atoms with van der Waals surface area (Å²) < 4.78 is 2.03. The van der Waals surface area contributed by atoms with E-state index in [1.807, 2.05) is 10.7 Å². The molecule has 2 rings (SSSR count). The molecular weight excluding hydrogens is 236 g/mol. The quantitative estimate of drug-likeness (QED) is 0.846. The number of nitrogens with zero attached hydrogens (tertiary/aromatic N) is 4. The Labute approximate surface area is 114 Å². The van der Waals surface area contributed by atoms with Gasteiger partial charge < -0.3 is 0 Å². The molecule has 0 amide bonds. The first kappa shape index (κ1) is 13.7. The van der Waals surface area contributed by atoms with Crippen LogP contribution in [-0.4, -0.2) is 19.7 Å². The van der Waals surface area contributed by atoms with E-state index in [0.29, 0.717) is 5.92 Å². The van der Waals surface area contributed by atoms with E-state index >= 15 is 0 Å². The average molecular weight is 258 g/mol. The van der Waals surface area contributed by atoms with E-state index in [4.69, 9.17) is 0 Å². The van der Waals surface area contributed by atoms with Crippen LogP contribution in [0, 0.1) is 0 Å². The second-order valence-electron chi connectivity index (χ2n) is 6.04. The van der Waals surface area contributed by atoms with Crippen LogP contribution in [0.15, 0.2) is 30.9 Å². The van der Waals surface area contributed by atoms with Crippen molar-refractivity contribution >= 4 is 0 Å². The van der Waals surface area contributed by atoms with E-state index in [2.05, 4.69) is 55.0 Å². The third-order valence-electron chi connectivity index (χ3n) is 3.31. The van der Waals surface area contributed by atoms with Crippen molar-refractivity contribution in [2.75, 3.05) is 0 Å². The van der Waals surface area contributed by atoms with Gasteiger partial charge in [-0.2, -0.15) is 5.10 Å². The Kier molecular flexibility index (Phi) is 3.98. The summed E-state index contributed by atoms with van der Waals surface area (Å²) in [5.41, 5.74) is 2.35. The molecule has 1 unspecified atom stereocenters. The Bertz CT molecular complexity index is 510. The van der Waals surface area contributed by atoms with Crippen molar-refractivity contribution in [3.05, 3.63) is 42.2 Å². The predicted molar refractivity (Wildman–Crippen MR) is 76.0 cm³/mol. The molecule has 1 atom stereocenters. The standard InChI is InChI=1S/C15H22N4/c1-12(13-5-8-16-11-17-13)6-9-19-10-7-14(18-19)15(2,3)4/h5,7-8,10-12H,6,9H2,1-4H3. The third kappa shape index (κ3) is 3.63. The van der Waals surface area contributed by atoms with Gasteiger partial charge in [-0.15, -0.1) is 0 Å². The molecule has 0 aliphatic rings. The van der Waals surface area contributed by atoms with Crippen LogP contribution >= 0.6 is 0 Å². The minimum Gasteiger partial charge on any atom is -0.272 e. The SMILES string of the molecule is CC(CCn1ccc(C(C)(C)C)n1)c1ccncn1. The van der Waals surface area contributed by atoms with Crippen molar-refractivity contribution < 1.29 is 0 Å². The Balaban J connectivity index is 1.94. The second-order valence-corrected chi connectivity index (χ2v) is 6.04. The molecule has 0 aliphatic carbocycles. The second kappa shape index (κ2) is 5.51. The molecule has 0 saturated heterocycles. The van der Waals surface area contributed by atoms with E-state index in [-0.39, 0.29) is 5.41 Å². The Morgan fingerprint density at radius 2 is 2.05 bits per heavy atom. The largest absolute Gasteiger partial charge is 0.272 e. The van der Waals surface area contributed by atoms with Gasteiger partial charge in [-0.05, 0) is 18.6 Å². The van der Waals surface area contributed by atoms with Crippen molar-refractivity contribution in [2.24, 2.45) is 0 Å². The van der Waals surface area contributed by atoms with Gasteiger partial charge in [0.2, 0.25) is 0 Å². The van der Waals surface area contributed by atoms with Crippen LogP contribution in [0.3, 0.4) is 0 Å². The van der Waals surface area contributed by atoms with Gasteiger partial charge in [0.25, 0.3) is 0 Å².